The Hall–Kier alpha value is -4.49. The van der Waals surface area contributed by atoms with Gasteiger partial charge in [-0.15, -0.1) is 0 Å². The number of alkyl carbamates (subject to hydrolysis) is 1. The zero-order valence-corrected chi connectivity index (χ0v) is 30.8. The number of β-amino-alcohol motifs (C(OH)–C–C–N with tert-alkyl or cyclic N) is 1. The second kappa shape index (κ2) is 18.8. The zero-order chi connectivity index (χ0) is 37.8. The molecule has 2 fully saturated rings. The maximum atomic E-state index is 13.8. The minimum absolute atomic E-state index is 0.000474. The Morgan fingerprint density at radius 1 is 0.885 bits per heavy atom. The van der Waals surface area contributed by atoms with Gasteiger partial charge in [0.05, 0.1) is 24.6 Å². The molecule has 0 aromatic heterocycles. The number of nitrogens with zero attached hydrogens (tertiary/aromatic N) is 1. The van der Waals surface area contributed by atoms with Crippen molar-refractivity contribution >= 4 is 29.7 Å². The van der Waals surface area contributed by atoms with Gasteiger partial charge < -0.3 is 36.8 Å². The van der Waals surface area contributed by atoms with E-state index < -0.39 is 66.0 Å². The summed E-state index contributed by atoms with van der Waals surface area (Å²) in [5.41, 5.74) is 6.67. The highest BCUT2D eigenvalue weighted by atomic mass is 16.5. The van der Waals surface area contributed by atoms with E-state index in [1.807, 2.05) is 69.3 Å². The van der Waals surface area contributed by atoms with Gasteiger partial charge in [-0.25, -0.2) is 4.79 Å². The van der Waals surface area contributed by atoms with E-state index in [0.29, 0.717) is 24.8 Å². The Morgan fingerprint density at radius 3 is 2.12 bits per heavy atom. The molecule has 0 unspecified atom stereocenters. The molecule has 1 aliphatic carbocycles. The number of aliphatic hydroxyl groups excluding tert-OH is 1. The molecule has 2 aromatic carbocycles. The molecule has 2 aliphatic rings. The Labute approximate surface area is 306 Å². The van der Waals surface area contributed by atoms with Crippen LogP contribution >= 0.6 is 0 Å². The highest BCUT2D eigenvalue weighted by molar-refractivity contribution is 5.94. The van der Waals surface area contributed by atoms with Crippen LogP contribution in [0.4, 0.5) is 4.79 Å². The number of amides is 5. The van der Waals surface area contributed by atoms with Crippen LogP contribution < -0.4 is 27.0 Å². The minimum atomic E-state index is -1.39. The van der Waals surface area contributed by atoms with E-state index in [4.69, 9.17) is 10.5 Å². The number of aliphatic hydroxyl groups is 1. The van der Waals surface area contributed by atoms with Gasteiger partial charge in [0.2, 0.25) is 23.6 Å². The predicted molar refractivity (Wildman–Crippen MR) is 196 cm³/mol. The van der Waals surface area contributed by atoms with Crippen molar-refractivity contribution in [2.75, 3.05) is 13.1 Å². The summed E-state index contributed by atoms with van der Waals surface area (Å²) < 4.78 is 5.20. The lowest BCUT2D eigenvalue weighted by Gasteiger charge is -2.47. The standard InChI is InChI=1S/C39H56N6O7/c1-25(41-38(51)52-24-27-15-9-6-10-16-27)35(48)43-31(21-34(40)47)36(49)42-30(19-26-13-7-5-8-14-26)33(46)23-45-22-29-18-12-11-17-28(29)20-32(45)37(50)44-39(2,3)4/h5-10,13-16,25,28-33,46H,11-12,17-24H2,1-4H3,(H2,40,47)(H,41,51)(H,42,49)(H,43,48)(H,44,50)/t25-,28-,29+,30-,31-,32-,33+/m0/s1. The van der Waals surface area contributed by atoms with Crippen molar-refractivity contribution in [2.45, 2.75) is 115 Å². The van der Waals surface area contributed by atoms with Crippen LogP contribution in [0.15, 0.2) is 60.7 Å². The van der Waals surface area contributed by atoms with Gasteiger partial charge in [0.25, 0.3) is 0 Å². The molecule has 5 amide bonds. The number of nitrogens with one attached hydrogen (secondary N) is 4. The van der Waals surface area contributed by atoms with Gasteiger partial charge >= 0.3 is 6.09 Å². The third kappa shape index (κ3) is 12.6. The first-order valence-corrected chi connectivity index (χ1v) is 18.3. The lowest BCUT2D eigenvalue weighted by molar-refractivity contribution is -0.134. The lowest BCUT2D eigenvalue weighted by Crippen LogP contribution is -2.61. The lowest BCUT2D eigenvalue weighted by atomic mass is 9.72. The third-order valence-corrected chi connectivity index (χ3v) is 9.79. The smallest absolute Gasteiger partial charge is 0.408 e. The molecular weight excluding hydrogens is 664 g/mol. The van der Waals surface area contributed by atoms with E-state index in [1.54, 1.807) is 12.1 Å². The number of carbonyl (C=O) groups is 5. The second-order valence-corrected chi connectivity index (χ2v) is 15.3. The predicted octanol–water partition coefficient (Wildman–Crippen LogP) is 2.55. The molecule has 2 aromatic rings. The second-order valence-electron chi connectivity index (χ2n) is 15.3. The van der Waals surface area contributed by atoms with Crippen LogP contribution in [0, 0.1) is 11.8 Å². The molecule has 1 saturated heterocycles. The number of hydrogen-bond donors (Lipinski definition) is 6. The molecule has 4 rings (SSSR count). The topological polar surface area (TPSA) is 192 Å². The summed E-state index contributed by atoms with van der Waals surface area (Å²) >= 11 is 0. The normalized spacial score (nSPS) is 21.3. The van der Waals surface area contributed by atoms with E-state index in [1.165, 1.54) is 6.92 Å². The number of hydrogen-bond acceptors (Lipinski definition) is 8. The number of likely N-dealkylation sites (tertiary alicyclic amines) is 1. The van der Waals surface area contributed by atoms with E-state index in [-0.39, 0.29) is 25.5 Å². The average molecular weight is 721 g/mol. The van der Waals surface area contributed by atoms with Crippen LogP contribution in [-0.4, -0.2) is 88.6 Å². The van der Waals surface area contributed by atoms with Crippen molar-refractivity contribution in [3.05, 3.63) is 71.8 Å². The Kier molecular flexibility index (Phi) is 14.6. The van der Waals surface area contributed by atoms with E-state index >= 15 is 0 Å². The minimum Gasteiger partial charge on any atom is -0.445 e. The monoisotopic (exact) mass is 720 g/mol. The molecule has 1 aliphatic heterocycles. The quantitative estimate of drug-likeness (QED) is 0.162. The summed E-state index contributed by atoms with van der Waals surface area (Å²) in [6.45, 7) is 8.03. The Bertz CT molecular complexity index is 1500. The first kappa shape index (κ1) is 40.3. The van der Waals surface area contributed by atoms with Crippen LogP contribution in [0.5, 0.6) is 0 Å². The Balaban J connectivity index is 1.47. The summed E-state index contributed by atoms with van der Waals surface area (Å²) in [6, 6.07) is 14.6. The van der Waals surface area contributed by atoms with Gasteiger partial charge in [-0.05, 0) is 69.9 Å². The van der Waals surface area contributed by atoms with Crippen LogP contribution in [-0.2, 0) is 36.9 Å². The summed E-state index contributed by atoms with van der Waals surface area (Å²) in [5.74, 6) is -1.50. The number of piperidine rings is 1. The number of nitrogens with two attached hydrogens (primary N) is 1. The Morgan fingerprint density at radius 2 is 1.50 bits per heavy atom. The average Bonchev–Trinajstić information content (AvgIpc) is 3.09. The van der Waals surface area contributed by atoms with E-state index in [2.05, 4.69) is 26.2 Å². The number of benzene rings is 2. The number of rotatable bonds is 15. The highest BCUT2D eigenvalue weighted by Crippen LogP contribution is 2.39. The summed E-state index contributed by atoms with van der Waals surface area (Å²) in [5, 5.41) is 22.8. The van der Waals surface area contributed by atoms with Crippen LogP contribution in [0.2, 0.25) is 0 Å². The molecule has 1 saturated carbocycles. The van der Waals surface area contributed by atoms with Crippen molar-refractivity contribution in [1.82, 2.24) is 26.2 Å². The molecule has 13 nitrogen and oxygen atoms in total. The van der Waals surface area contributed by atoms with E-state index in [9.17, 15) is 29.1 Å². The summed E-state index contributed by atoms with van der Waals surface area (Å²) in [4.78, 5) is 67.0. The zero-order valence-electron chi connectivity index (χ0n) is 30.8. The number of fused-ring (bicyclic) bond motifs is 1. The van der Waals surface area contributed by atoms with Crippen molar-refractivity contribution in [1.29, 1.82) is 0 Å². The molecule has 0 bridgehead atoms. The molecule has 1 heterocycles. The third-order valence-electron chi connectivity index (χ3n) is 9.79. The largest absolute Gasteiger partial charge is 0.445 e. The molecule has 13 heteroatoms. The molecule has 7 atom stereocenters. The maximum absolute atomic E-state index is 13.8. The molecule has 0 spiro atoms. The van der Waals surface area contributed by atoms with E-state index in [0.717, 1.165) is 36.8 Å². The highest BCUT2D eigenvalue weighted by Gasteiger charge is 2.42. The van der Waals surface area contributed by atoms with Gasteiger partial charge in [0.15, 0.2) is 0 Å². The van der Waals surface area contributed by atoms with Crippen molar-refractivity contribution in [3.63, 3.8) is 0 Å². The number of carbonyl (C=O) groups excluding carboxylic acids is 5. The van der Waals surface area contributed by atoms with Crippen LogP contribution in [0.25, 0.3) is 0 Å². The van der Waals surface area contributed by atoms with Gasteiger partial charge in [-0.2, -0.15) is 0 Å². The molecule has 284 valence electrons. The number of primary amides is 1. The first-order valence-electron chi connectivity index (χ1n) is 18.3. The molecular formula is C39H56N6O7. The van der Waals surface area contributed by atoms with Gasteiger partial charge in [-0.1, -0.05) is 79.9 Å². The van der Waals surface area contributed by atoms with Crippen molar-refractivity contribution < 1.29 is 33.8 Å². The maximum Gasteiger partial charge on any atom is 0.408 e. The van der Waals surface area contributed by atoms with Crippen LogP contribution in [0.3, 0.4) is 0 Å². The molecule has 0 radical (unpaired) electrons. The fraction of sp³-hybridized carbons (Fsp3) is 0.564. The fourth-order valence-corrected chi connectivity index (χ4v) is 7.14. The van der Waals surface area contributed by atoms with Crippen molar-refractivity contribution in [2.24, 2.45) is 17.6 Å². The summed E-state index contributed by atoms with van der Waals surface area (Å²) in [6.07, 6.45) is 2.94. The fourth-order valence-electron chi connectivity index (χ4n) is 7.14. The van der Waals surface area contributed by atoms with Gasteiger partial charge in [0, 0.05) is 18.6 Å². The molecule has 7 N–H and O–H groups in total. The van der Waals surface area contributed by atoms with Gasteiger partial charge in [0.1, 0.15) is 18.7 Å². The SMILES string of the molecule is C[C@H](NC(=O)OCc1ccccc1)C(=O)N[C@@H](CC(N)=O)C(=O)N[C@@H](Cc1ccccc1)[C@H](O)CN1C[C@H]2CCCC[C@H]2C[C@H]1C(=O)NC(C)(C)C. The van der Waals surface area contributed by atoms with Crippen LogP contribution in [0.1, 0.15) is 77.3 Å². The first-order chi connectivity index (χ1) is 24.7. The number of ether oxygens (including phenoxy) is 1. The van der Waals surface area contributed by atoms with Gasteiger partial charge in [-0.3, -0.25) is 24.1 Å². The van der Waals surface area contributed by atoms with Crippen molar-refractivity contribution in [3.8, 4) is 0 Å². The summed E-state index contributed by atoms with van der Waals surface area (Å²) in [7, 11) is 0. The molecule has 52 heavy (non-hydrogen) atoms.